The van der Waals surface area contributed by atoms with Crippen molar-refractivity contribution < 1.29 is 19.1 Å². The van der Waals surface area contributed by atoms with Gasteiger partial charge in [0, 0.05) is 6.42 Å². The fraction of sp³-hybridized carbons (Fsp3) is 0.429. The Bertz CT molecular complexity index is 198. The largest absolute Gasteiger partial charge is 0.476 e. The maximum Gasteiger partial charge on any atom is 0.358 e. The lowest BCUT2D eigenvalue weighted by Gasteiger charge is -2.17. The van der Waals surface area contributed by atoms with Crippen LogP contribution >= 0.6 is 0 Å². The number of carbonyl (C=O) groups excluding carboxylic acids is 2. The second-order valence-electron chi connectivity index (χ2n) is 2.19. The molecule has 0 aromatic heterocycles. The summed E-state index contributed by atoms with van der Waals surface area (Å²) in [5, 5.41) is 0. The summed E-state index contributed by atoms with van der Waals surface area (Å²) in [6, 6.07) is 0. The monoisotopic (exact) mass is 156 g/mol. The Morgan fingerprint density at radius 3 is 2.91 bits per heavy atom. The van der Waals surface area contributed by atoms with Crippen LogP contribution in [0.2, 0.25) is 0 Å². The van der Waals surface area contributed by atoms with Crippen LogP contribution in [0, 0.1) is 0 Å². The molecule has 1 atom stereocenters. The van der Waals surface area contributed by atoms with Gasteiger partial charge in [-0.15, -0.1) is 0 Å². The minimum absolute atomic E-state index is 0.253. The molecule has 1 unspecified atom stereocenters. The molecule has 0 aromatic carbocycles. The zero-order valence-corrected chi connectivity index (χ0v) is 6.07. The van der Waals surface area contributed by atoms with E-state index in [-0.39, 0.29) is 6.42 Å². The molecule has 0 amide bonds. The molecule has 1 heterocycles. The molecule has 0 N–H and O–H groups in total. The SMILES string of the molecule is COC(=O)C1(C=O)CC=CO1. The summed E-state index contributed by atoms with van der Waals surface area (Å²) < 4.78 is 9.21. The molecule has 0 bridgehead atoms. The van der Waals surface area contributed by atoms with Gasteiger partial charge in [0.25, 0.3) is 5.60 Å². The maximum atomic E-state index is 10.9. The lowest BCUT2D eigenvalue weighted by atomic mass is 10.0. The zero-order chi connectivity index (χ0) is 8.32. The first-order valence-electron chi connectivity index (χ1n) is 3.13. The van der Waals surface area contributed by atoms with E-state index >= 15 is 0 Å². The first-order chi connectivity index (χ1) is 5.25. The van der Waals surface area contributed by atoms with Gasteiger partial charge in [-0.25, -0.2) is 4.79 Å². The van der Waals surface area contributed by atoms with Crippen molar-refractivity contribution in [2.45, 2.75) is 12.0 Å². The van der Waals surface area contributed by atoms with Gasteiger partial charge in [-0.3, -0.25) is 4.79 Å². The van der Waals surface area contributed by atoms with E-state index < -0.39 is 11.6 Å². The number of carbonyl (C=O) groups is 2. The zero-order valence-electron chi connectivity index (χ0n) is 6.07. The van der Waals surface area contributed by atoms with Crippen LogP contribution in [0.25, 0.3) is 0 Å². The second-order valence-corrected chi connectivity index (χ2v) is 2.19. The number of ether oxygens (including phenoxy) is 2. The first kappa shape index (κ1) is 7.78. The van der Waals surface area contributed by atoms with Crippen molar-refractivity contribution in [2.75, 3.05) is 7.11 Å². The Labute approximate surface area is 63.8 Å². The van der Waals surface area contributed by atoms with Gasteiger partial charge in [-0.1, -0.05) is 0 Å². The third kappa shape index (κ3) is 1.11. The van der Waals surface area contributed by atoms with E-state index in [1.807, 2.05) is 0 Å². The molecule has 4 heteroatoms. The van der Waals surface area contributed by atoms with E-state index in [4.69, 9.17) is 4.74 Å². The summed E-state index contributed by atoms with van der Waals surface area (Å²) in [5.41, 5.74) is -1.41. The number of hydrogen-bond acceptors (Lipinski definition) is 4. The summed E-state index contributed by atoms with van der Waals surface area (Å²) in [6.07, 6.45) is 3.64. The van der Waals surface area contributed by atoms with E-state index in [0.29, 0.717) is 6.29 Å². The molecule has 0 fully saturated rings. The highest BCUT2D eigenvalue weighted by Gasteiger charge is 2.42. The fourth-order valence-corrected chi connectivity index (χ4v) is 0.869. The topological polar surface area (TPSA) is 52.6 Å². The van der Waals surface area contributed by atoms with E-state index in [9.17, 15) is 9.59 Å². The minimum atomic E-state index is -1.41. The normalized spacial score (nSPS) is 27.7. The van der Waals surface area contributed by atoms with E-state index in [0.717, 1.165) is 0 Å². The number of hydrogen-bond donors (Lipinski definition) is 0. The van der Waals surface area contributed by atoms with Crippen LogP contribution in [0.5, 0.6) is 0 Å². The molecule has 60 valence electrons. The predicted octanol–water partition coefficient (Wildman–Crippen LogP) is 0.0311. The first-order valence-corrected chi connectivity index (χ1v) is 3.13. The minimum Gasteiger partial charge on any atom is -0.476 e. The Morgan fingerprint density at radius 1 is 1.82 bits per heavy atom. The highest BCUT2D eigenvalue weighted by molar-refractivity contribution is 5.97. The standard InChI is InChI=1S/C7H8O4/c1-10-6(9)7(5-8)3-2-4-11-7/h2,4-5H,3H2,1H3. The van der Waals surface area contributed by atoms with Crippen LogP contribution < -0.4 is 0 Å². The predicted molar refractivity (Wildman–Crippen MR) is 35.7 cm³/mol. The van der Waals surface area contributed by atoms with Crippen molar-refractivity contribution in [3.8, 4) is 0 Å². The van der Waals surface area contributed by atoms with Gasteiger partial charge in [0.2, 0.25) is 0 Å². The van der Waals surface area contributed by atoms with Crippen molar-refractivity contribution >= 4 is 12.3 Å². The molecule has 1 aliphatic heterocycles. The van der Waals surface area contributed by atoms with Gasteiger partial charge in [0.1, 0.15) is 0 Å². The molecule has 0 radical (unpaired) electrons. The lowest BCUT2D eigenvalue weighted by molar-refractivity contribution is -0.162. The lowest BCUT2D eigenvalue weighted by Crippen LogP contribution is -2.40. The molecule has 0 aromatic rings. The number of aldehydes is 1. The smallest absolute Gasteiger partial charge is 0.358 e. The van der Waals surface area contributed by atoms with Gasteiger partial charge in [-0.05, 0) is 6.08 Å². The Morgan fingerprint density at radius 2 is 2.55 bits per heavy atom. The quantitative estimate of drug-likeness (QED) is 0.321. The van der Waals surface area contributed by atoms with Crippen molar-refractivity contribution in [2.24, 2.45) is 0 Å². The number of methoxy groups -OCH3 is 1. The summed E-state index contributed by atoms with van der Waals surface area (Å²) in [5.74, 6) is -0.655. The van der Waals surface area contributed by atoms with Crippen molar-refractivity contribution in [3.05, 3.63) is 12.3 Å². The highest BCUT2D eigenvalue weighted by Crippen LogP contribution is 2.22. The molecule has 1 rings (SSSR count). The average molecular weight is 156 g/mol. The summed E-state index contributed by atoms with van der Waals surface area (Å²) in [6.45, 7) is 0. The number of esters is 1. The molecular formula is C7H8O4. The van der Waals surface area contributed by atoms with Crippen LogP contribution in [0.4, 0.5) is 0 Å². The van der Waals surface area contributed by atoms with Crippen molar-refractivity contribution in [3.63, 3.8) is 0 Å². The van der Waals surface area contributed by atoms with E-state index in [1.165, 1.54) is 13.4 Å². The Kier molecular flexibility index (Phi) is 1.94. The number of rotatable bonds is 2. The maximum absolute atomic E-state index is 10.9. The van der Waals surface area contributed by atoms with Gasteiger partial charge in [0.15, 0.2) is 6.29 Å². The van der Waals surface area contributed by atoms with Crippen molar-refractivity contribution in [1.82, 2.24) is 0 Å². The molecule has 11 heavy (non-hydrogen) atoms. The van der Waals surface area contributed by atoms with Crippen LogP contribution in [-0.4, -0.2) is 25.0 Å². The summed E-state index contributed by atoms with van der Waals surface area (Å²) in [7, 11) is 1.22. The van der Waals surface area contributed by atoms with Crippen LogP contribution in [0.15, 0.2) is 12.3 Å². The van der Waals surface area contributed by atoms with E-state index in [2.05, 4.69) is 4.74 Å². The van der Waals surface area contributed by atoms with Gasteiger partial charge < -0.3 is 9.47 Å². The molecule has 0 saturated carbocycles. The van der Waals surface area contributed by atoms with Crippen LogP contribution in [0.3, 0.4) is 0 Å². The average Bonchev–Trinajstić information content (AvgIpc) is 2.52. The van der Waals surface area contributed by atoms with E-state index in [1.54, 1.807) is 6.08 Å². The highest BCUT2D eigenvalue weighted by atomic mass is 16.6. The molecular weight excluding hydrogens is 148 g/mol. The molecule has 1 aliphatic rings. The van der Waals surface area contributed by atoms with Gasteiger partial charge >= 0.3 is 5.97 Å². The third-order valence-corrected chi connectivity index (χ3v) is 1.52. The second kappa shape index (κ2) is 2.74. The van der Waals surface area contributed by atoms with Gasteiger partial charge in [0.05, 0.1) is 13.4 Å². The van der Waals surface area contributed by atoms with Crippen LogP contribution in [-0.2, 0) is 19.1 Å². The molecule has 4 nitrogen and oxygen atoms in total. The molecule has 0 saturated heterocycles. The van der Waals surface area contributed by atoms with Crippen LogP contribution in [0.1, 0.15) is 6.42 Å². The van der Waals surface area contributed by atoms with Gasteiger partial charge in [-0.2, -0.15) is 0 Å². The van der Waals surface area contributed by atoms with Crippen molar-refractivity contribution in [1.29, 1.82) is 0 Å². The Balaban J connectivity index is 2.76. The third-order valence-electron chi connectivity index (χ3n) is 1.52. The summed E-state index contributed by atoms with van der Waals surface area (Å²) in [4.78, 5) is 21.4. The fourth-order valence-electron chi connectivity index (χ4n) is 0.869. The molecule has 0 aliphatic carbocycles. The molecule has 0 spiro atoms. The summed E-state index contributed by atoms with van der Waals surface area (Å²) >= 11 is 0. The Hall–Kier alpha value is -1.32.